The zero-order valence-electron chi connectivity index (χ0n) is 7.78. The third-order valence-electron chi connectivity index (χ3n) is 1.91. The van der Waals surface area contributed by atoms with Crippen LogP contribution in [0.25, 0.3) is 11.1 Å². The van der Waals surface area contributed by atoms with E-state index in [1.54, 1.807) is 0 Å². The van der Waals surface area contributed by atoms with E-state index in [1.807, 2.05) is 25.1 Å². The summed E-state index contributed by atoms with van der Waals surface area (Å²) in [5.41, 5.74) is 7.59. The van der Waals surface area contributed by atoms with Crippen molar-refractivity contribution in [3.63, 3.8) is 0 Å². The largest absolute Gasteiger partial charge is 0.440 e. The predicted molar refractivity (Wildman–Crippen MR) is 51.6 cm³/mol. The Bertz CT molecular complexity index is 488. The summed E-state index contributed by atoms with van der Waals surface area (Å²) in [5.74, 6) is -0.0635. The van der Waals surface area contributed by atoms with Crippen LogP contribution in [-0.4, -0.2) is 10.9 Å². The van der Waals surface area contributed by atoms with E-state index in [2.05, 4.69) is 4.98 Å². The fourth-order valence-corrected chi connectivity index (χ4v) is 1.30. The zero-order chi connectivity index (χ0) is 10.1. The van der Waals surface area contributed by atoms with E-state index in [-0.39, 0.29) is 6.42 Å². The summed E-state index contributed by atoms with van der Waals surface area (Å²) in [6.45, 7) is 1.97. The van der Waals surface area contributed by atoms with Gasteiger partial charge in [-0.25, -0.2) is 4.98 Å². The first-order valence-electron chi connectivity index (χ1n) is 4.29. The number of benzene rings is 1. The Labute approximate surface area is 80.7 Å². The fourth-order valence-electron chi connectivity index (χ4n) is 1.30. The highest BCUT2D eigenvalue weighted by molar-refractivity contribution is 5.78. The summed E-state index contributed by atoms with van der Waals surface area (Å²) in [7, 11) is 0. The SMILES string of the molecule is Cc1ccc2nc(CC(N)=O)oc2c1. The van der Waals surface area contributed by atoms with Crippen molar-refractivity contribution < 1.29 is 9.21 Å². The molecule has 0 saturated heterocycles. The molecule has 0 spiro atoms. The minimum Gasteiger partial charge on any atom is -0.440 e. The maximum Gasteiger partial charge on any atom is 0.226 e. The van der Waals surface area contributed by atoms with Crippen LogP contribution in [-0.2, 0) is 11.2 Å². The van der Waals surface area contributed by atoms with E-state index in [0.717, 1.165) is 11.1 Å². The molecule has 2 rings (SSSR count). The summed E-state index contributed by atoms with van der Waals surface area (Å²) in [6.07, 6.45) is 0.0493. The molecule has 0 atom stereocenters. The average molecular weight is 190 g/mol. The number of nitrogens with zero attached hydrogens (tertiary/aromatic N) is 1. The second kappa shape index (κ2) is 3.14. The number of fused-ring (bicyclic) bond motifs is 1. The lowest BCUT2D eigenvalue weighted by atomic mass is 10.2. The number of nitrogens with two attached hydrogens (primary N) is 1. The highest BCUT2D eigenvalue weighted by Crippen LogP contribution is 2.16. The summed E-state index contributed by atoms with van der Waals surface area (Å²) < 4.78 is 5.35. The standard InChI is InChI=1S/C10H10N2O2/c1-6-2-3-7-8(4-6)14-10(12-7)5-9(11)13/h2-4H,5H2,1H3,(H2,11,13). The number of primary amides is 1. The molecule has 1 aromatic heterocycles. The van der Waals surface area contributed by atoms with E-state index >= 15 is 0 Å². The number of hydrogen-bond donors (Lipinski definition) is 1. The molecule has 1 aromatic carbocycles. The first-order valence-corrected chi connectivity index (χ1v) is 4.29. The van der Waals surface area contributed by atoms with Crippen LogP contribution >= 0.6 is 0 Å². The van der Waals surface area contributed by atoms with Crippen molar-refractivity contribution in [2.45, 2.75) is 13.3 Å². The Kier molecular flexibility index (Phi) is 1.96. The van der Waals surface area contributed by atoms with Crippen LogP contribution in [0.2, 0.25) is 0 Å². The first kappa shape index (κ1) is 8.74. The van der Waals surface area contributed by atoms with Gasteiger partial charge in [-0.1, -0.05) is 6.07 Å². The lowest BCUT2D eigenvalue weighted by Gasteiger charge is -1.88. The number of carbonyl (C=O) groups excluding carboxylic acids is 1. The van der Waals surface area contributed by atoms with Crippen LogP contribution < -0.4 is 5.73 Å². The van der Waals surface area contributed by atoms with Gasteiger partial charge in [0, 0.05) is 0 Å². The third kappa shape index (κ3) is 1.59. The van der Waals surface area contributed by atoms with Crippen LogP contribution in [0.3, 0.4) is 0 Å². The van der Waals surface area contributed by atoms with Gasteiger partial charge in [-0.15, -0.1) is 0 Å². The fraction of sp³-hybridized carbons (Fsp3) is 0.200. The first-order chi connectivity index (χ1) is 6.65. The predicted octanol–water partition coefficient (Wildman–Crippen LogP) is 1.16. The molecule has 0 saturated carbocycles. The molecular weight excluding hydrogens is 180 g/mol. The number of aryl methyl sites for hydroxylation is 1. The molecule has 2 N–H and O–H groups in total. The smallest absolute Gasteiger partial charge is 0.226 e. The van der Waals surface area contributed by atoms with Gasteiger partial charge in [0.25, 0.3) is 0 Å². The molecule has 0 aliphatic rings. The minimum atomic E-state index is -0.437. The van der Waals surface area contributed by atoms with Crippen molar-refractivity contribution in [3.05, 3.63) is 29.7 Å². The lowest BCUT2D eigenvalue weighted by molar-refractivity contribution is -0.117. The van der Waals surface area contributed by atoms with E-state index in [1.165, 1.54) is 0 Å². The second-order valence-electron chi connectivity index (χ2n) is 3.22. The van der Waals surface area contributed by atoms with E-state index in [9.17, 15) is 4.79 Å². The molecule has 72 valence electrons. The zero-order valence-corrected chi connectivity index (χ0v) is 7.78. The number of oxazole rings is 1. The monoisotopic (exact) mass is 190 g/mol. The van der Waals surface area contributed by atoms with E-state index in [0.29, 0.717) is 11.5 Å². The van der Waals surface area contributed by atoms with Crippen LogP contribution in [0.1, 0.15) is 11.5 Å². The van der Waals surface area contributed by atoms with Gasteiger partial charge in [-0.2, -0.15) is 0 Å². The van der Waals surface area contributed by atoms with Gasteiger partial charge in [-0.3, -0.25) is 4.79 Å². The van der Waals surface area contributed by atoms with Crippen LogP contribution in [0.15, 0.2) is 22.6 Å². The molecule has 1 heterocycles. The number of amides is 1. The number of aromatic nitrogens is 1. The summed E-state index contributed by atoms with van der Waals surface area (Å²) in [6, 6.07) is 5.68. The molecule has 0 fully saturated rings. The van der Waals surface area contributed by atoms with Gasteiger partial charge in [-0.05, 0) is 24.6 Å². The van der Waals surface area contributed by atoms with Crippen molar-refractivity contribution in [1.82, 2.24) is 4.98 Å². The van der Waals surface area contributed by atoms with Gasteiger partial charge < -0.3 is 10.2 Å². The Morgan fingerprint density at radius 1 is 1.57 bits per heavy atom. The summed E-state index contributed by atoms with van der Waals surface area (Å²) >= 11 is 0. The maximum atomic E-state index is 10.6. The molecule has 0 unspecified atom stereocenters. The lowest BCUT2D eigenvalue weighted by Crippen LogP contribution is -2.13. The molecule has 1 amide bonds. The Morgan fingerprint density at radius 3 is 3.07 bits per heavy atom. The minimum absolute atomic E-state index is 0.0493. The quantitative estimate of drug-likeness (QED) is 0.772. The topological polar surface area (TPSA) is 69.1 Å². The summed E-state index contributed by atoms with van der Waals surface area (Å²) in [5, 5.41) is 0. The van der Waals surface area contributed by atoms with Crippen LogP contribution in [0.5, 0.6) is 0 Å². The number of carbonyl (C=O) groups is 1. The van der Waals surface area contributed by atoms with E-state index < -0.39 is 5.91 Å². The highest BCUT2D eigenvalue weighted by Gasteiger charge is 2.07. The normalized spacial score (nSPS) is 10.6. The van der Waals surface area contributed by atoms with Crippen molar-refractivity contribution in [3.8, 4) is 0 Å². The van der Waals surface area contributed by atoms with E-state index in [4.69, 9.17) is 10.2 Å². The number of hydrogen-bond acceptors (Lipinski definition) is 3. The molecule has 4 nitrogen and oxygen atoms in total. The van der Waals surface area contributed by atoms with Gasteiger partial charge in [0.2, 0.25) is 11.8 Å². The molecule has 2 aromatic rings. The maximum absolute atomic E-state index is 10.6. The van der Waals surface area contributed by atoms with Gasteiger partial charge in [0.05, 0.1) is 0 Å². The molecule has 0 bridgehead atoms. The van der Waals surface area contributed by atoms with Crippen LogP contribution in [0.4, 0.5) is 0 Å². The highest BCUT2D eigenvalue weighted by atomic mass is 16.3. The van der Waals surface area contributed by atoms with Gasteiger partial charge in [0.1, 0.15) is 11.9 Å². The third-order valence-corrected chi connectivity index (χ3v) is 1.91. The second-order valence-corrected chi connectivity index (χ2v) is 3.22. The summed E-state index contributed by atoms with van der Waals surface area (Å²) in [4.78, 5) is 14.8. The molecule has 4 heteroatoms. The average Bonchev–Trinajstić information content (AvgIpc) is 2.44. The Hall–Kier alpha value is -1.84. The molecule has 0 aliphatic carbocycles. The van der Waals surface area contributed by atoms with Crippen LogP contribution in [0, 0.1) is 6.92 Å². The van der Waals surface area contributed by atoms with Gasteiger partial charge in [0.15, 0.2) is 5.58 Å². The van der Waals surface area contributed by atoms with Crippen molar-refractivity contribution in [1.29, 1.82) is 0 Å². The Morgan fingerprint density at radius 2 is 2.36 bits per heavy atom. The molecule has 0 aliphatic heterocycles. The molecule has 0 radical (unpaired) electrons. The van der Waals surface area contributed by atoms with Crippen molar-refractivity contribution >= 4 is 17.0 Å². The van der Waals surface area contributed by atoms with Crippen molar-refractivity contribution in [2.24, 2.45) is 5.73 Å². The van der Waals surface area contributed by atoms with Gasteiger partial charge >= 0.3 is 0 Å². The Balaban J connectivity index is 2.46. The molecular formula is C10H10N2O2. The van der Waals surface area contributed by atoms with Crippen molar-refractivity contribution in [2.75, 3.05) is 0 Å². The number of rotatable bonds is 2. The molecule has 14 heavy (non-hydrogen) atoms.